The van der Waals surface area contributed by atoms with E-state index in [4.69, 9.17) is 9.84 Å². The Labute approximate surface area is 99.8 Å². The number of rotatable bonds is 4. The fraction of sp³-hybridized carbons (Fsp3) is 0.667. The number of amides is 1. The minimum absolute atomic E-state index is 0.0376. The van der Waals surface area contributed by atoms with Crippen molar-refractivity contribution >= 4 is 11.9 Å². The van der Waals surface area contributed by atoms with E-state index in [2.05, 4.69) is 5.32 Å². The van der Waals surface area contributed by atoms with Gasteiger partial charge in [-0.25, -0.2) is 0 Å². The lowest BCUT2D eigenvalue weighted by Gasteiger charge is -2.14. The molecule has 0 bridgehead atoms. The van der Waals surface area contributed by atoms with Gasteiger partial charge in [0.05, 0.1) is 18.4 Å². The zero-order valence-electron chi connectivity index (χ0n) is 9.59. The summed E-state index contributed by atoms with van der Waals surface area (Å²) in [6.07, 6.45) is 6.21. The average molecular weight is 239 g/mol. The summed E-state index contributed by atoms with van der Waals surface area (Å²) in [5.74, 6) is -1.36. The standard InChI is InChI=1S/C12H17NO4/c14-11(7-10-2-1-5-17-10)13-9-4-3-8(6-9)12(15)16/h3-4,8-10H,1-2,5-7H2,(H,13,14)(H,15,16). The second-order valence-corrected chi connectivity index (χ2v) is 4.58. The van der Waals surface area contributed by atoms with Gasteiger partial charge in [-0.2, -0.15) is 0 Å². The van der Waals surface area contributed by atoms with Crippen LogP contribution in [0.1, 0.15) is 25.7 Å². The summed E-state index contributed by atoms with van der Waals surface area (Å²) in [4.78, 5) is 22.4. The number of carbonyl (C=O) groups excluding carboxylic acids is 1. The topological polar surface area (TPSA) is 75.6 Å². The van der Waals surface area contributed by atoms with E-state index in [0.717, 1.165) is 19.4 Å². The van der Waals surface area contributed by atoms with Crippen LogP contribution in [0.4, 0.5) is 0 Å². The zero-order chi connectivity index (χ0) is 12.3. The molecule has 2 rings (SSSR count). The van der Waals surface area contributed by atoms with Crippen LogP contribution in [0.25, 0.3) is 0 Å². The molecule has 2 N–H and O–H groups in total. The first-order chi connectivity index (χ1) is 8.15. The van der Waals surface area contributed by atoms with E-state index >= 15 is 0 Å². The number of carboxylic acids is 1. The lowest BCUT2D eigenvalue weighted by molar-refractivity contribution is -0.140. The Balaban J connectivity index is 1.72. The monoisotopic (exact) mass is 239 g/mol. The van der Waals surface area contributed by atoms with Crippen molar-refractivity contribution in [2.75, 3.05) is 6.61 Å². The smallest absolute Gasteiger partial charge is 0.310 e. The Hall–Kier alpha value is -1.36. The molecule has 1 amide bonds. The first kappa shape index (κ1) is 12.1. The number of carbonyl (C=O) groups is 2. The Morgan fingerprint density at radius 3 is 2.82 bits per heavy atom. The molecule has 5 heteroatoms. The predicted molar refractivity (Wildman–Crippen MR) is 60.4 cm³/mol. The molecule has 0 aromatic rings. The minimum Gasteiger partial charge on any atom is -0.481 e. The van der Waals surface area contributed by atoms with Crippen LogP contribution in [-0.2, 0) is 14.3 Å². The molecule has 0 spiro atoms. The molecule has 0 saturated carbocycles. The number of hydrogen-bond donors (Lipinski definition) is 2. The van der Waals surface area contributed by atoms with Crippen molar-refractivity contribution in [2.45, 2.75) is 37.8 Å². The van der Waals surface area contributed by atoms with Gasteiger partial charge in [-0.1, -0.05) is 12.2 Å². The molecular weight excluding hydrogens is 222 g/mol. The summed E-state index contributed by atoms with van der Waals surface area (Å²) in [7, 11) is 0. The van der Waals surface area contributed by atoms with Gasteiger partial charge < -0.3 is 15.2 Å². The molecule has 0 radical (unpaired) electrons. The molecule has 1 heterocycles. The van der Waals surface area contributed by atoms with E-state index < -0.39 is 11.9 Å². The fourth-order valence-corrected chi connectivity index (χ4v) is 2.27. The third-order valence-corrected chi connectivity index (χ3v) is 3.18. The van der Waals surface area contributed by atoms with Gasteiger partial charge in [0.25, 0.3) is 0 Å². The van der Waals surface area contributed by atoms with E-state index in [1.165, 1.54) is 0 Å². The Kier molecular flexibility index (Phi) is 3.78. The van der Waals surface area contributed by atoms with Gasteiger partial charge in [0.15, 0.2) is 0 Å². The van der Waals surface area contributed by atoms with Crippen molar-refractivity contribution in [3.63, 3.8) is 0 Å². The second kappa shape index (κ2) is 5.31. The summed E-state index contributed by atoms with van der Waals surface area (Å²) in [6, 6.07) is -0.148. The van der Waals surface area contributed by atoms with Gasteiger partial charge >= 0.3 is 5.97 Å². The summed E-state index contributed by atoms with van der Waals surface area (Å²) < 4.78 is 5.37. The summed E-state index contributed by atoms with van der Waals surface area (Å²) in [6.45, 7) is 0.738. The Morgan fingerprint density at radius 1 is 1.41 bits per heavy atom. The van der Waals surface area contributed by atoms with Crippen LogP contribution in [0.5, 0.6) is 0 Å². The Bertz CT molecular complexity index is 333. The van der Waals surface area contributed by atoms with Crippen molar-refractivity contribution in [2.24, 2.45) is 5.92 Å². The molecule has 1 aliphatic carbocycles. The highest BCUT2D eigenvalue weighted by atomic mass is 16.5. The van der Waals surface area contributed by atoms with Gasteiger partial charge in [-0.3, -0.25) is 9.59 Å². The summed E-state index contributed by atoms with van der Waals surface area (Å²) in [5, 5.41) is 11.6. The Morgan fingerprint density at radius 2 is 2.24 bits per heavy atom. The van der Waals surface area contributed by atoms with Crippen LogP contribution in [0.2, 0.25) is 0 Å². The molecule has 0 aromatic heterocycles. The fourth-order valence-electron chi connectivity index (χ4n) is 2.27. The number of carboxylic acid groups (broad SMARTS) is 1. The van der Waals surface area contributed by atoms with Crippen LogP contribution < -0.4 is 5.32 Å². The van der Waals surface area contributed by atoms with Crippen molar-refractivity contribution in [3.8, 4) is 0 Å². The molecule has 1 saturated heterocycles. The number of aliphatic carboxylic acids is 1. The molecule has 2 aliphatic rings. The third kappa shape index (κ3) is 3.30. The second-order valence-electron chi connectivity index (χ2n) is 4.58. The molecule has 5 nitrogen and oxygen atoms in total. The van der Waals surface area contributed by atoms with Crippen LogP contribution in [-0.4, -0.2) is 35.7 Å². The predicted octanol–water partition coefficient (Wildman–Crippen LogP) is 0.701. The first-order valence-electron chi connectivity index (χ1n) is 5.97. The zero-order valence-corrected chi connectivity index (χ0v) is 9.59. The van der Waals surface area contributed by atoms with E-state index in [1.54, 1.807) is 12.2 Å². The summed E-state index contributed by atoms with van der Waals surface area (Å²) >= 11 is 0. The van der Waals surface area contributed by atoms with Crippen LogP contribution >= 0.6 is 0 Å². The third-order valence-electron chi connectivity index (χ3n) is 3.18. The van der Waals surface area contributed by atoms with Crippen LogP contribution in [0.3, 0.4) is 0 Å². The van der Waals surface area contributed by atoms with Gasteiger partial charge in [0.2, 0.25) is 5.91 Å². The molecular formula is C12H17NO4. The van der Waals surface area contributed by atoms with Crippen LogP contribution in [0, 0.1) is 5.92 Å². The molecule has 3 atom stereocenters. The van der Waals surface area contributed by atoms with Crippen molar-refractivity contribution in [3.05, 3.63) is 12.2 Å². The average Bonchev–Trinajstić information content (AvgIpc) is 2.88. The van der Waals surface area contributed by atoms with Gasteiger partial charge in [-0.05, 0) is 19.3 Å². The van der Waals surface area contributed by atoms with Crippen molar-refractivity contribution < 1.29 is 19.4 Å². The molecule has 17 heavy (non-hydrogen) atoms. The molecule has 3 unspecified atom stereocenters. The highest BCUT2D eigenvalue weighted by Crippen LogP contribution is 2.19. The van der Waals surface area contributed by atoms with E-state index in [9.17, 15) is 9.59 Å². The number of nitrogens with one attached hydrogen (secondary N) is 1. The molecule has 1 aliphatic heterocycles. The lowest BCUT2D eigenvalue weighted by Crippen LogP contribution is -2.35. The first-order valence-corrected chi connectivity index (χ1v) is 5.97. The number of hydrogen-bond acceptors (Lipinski definition) is 3. The largest absolute Gasteiger partial charge is 0.481 e. The van der Waals surface area contributed by atoms with Crippen molar-refractivity contribution in [1.29, 1.82) is 0 Å². The molecule has 94 valence electrons. The van der Waals surface area contributed by atoms with Gasteiger partial charge in [0, 0.05) is 12.6 Å². The van der Waals surface area contributed by atoms with E-state index in [1.807, 2.05) is 0 Å². The minimum atomic E-state index is -0.836. The lowest BCUT2D eigenvalue weighted by atomic mass is 10.1. The van der Waals surface area contributed by atoms with Crippen molar-refractivity contribution in [1.82, 2.24) is 5.32 Å². The summed E-state index contributed by atoms with van der Waals surface area (Å²) in [5.41, 5.74) is 0. The highest BCUT2D eigenvalue weighted by Gasteiger charge is 2.26. The maximum Gasteiger partial charge on any atom is 0.310 e. The maximum atomic E-state index is 11.7. The highest BCUT2D eigenvalue weighted by molar-refractivity contribution is 5.78. The van der Waals surface area contributed by atoms with Gasteiger partial charge in [-0.15, -0.1) is 0 Å². The normalized spacial score (nSPS) is 31.6. The molecule has 0 aromatic carbocycles. The quantitative estimate of drug-likeness (QED) is 0.708. The number of ether oxygens (including phenoxy) is 1. The van der Waals surface area contributed by atoms with Gasteiger partial charge in [0.1, 0.15) is 0 Å². The van der Waals surface area contributed by atoms with E-state index in [0.29, 0.717) is 12.8 Å². The van der Waals surface area contributed by atoms with E-state index in [-0.39, 0.29) is 18.1 Å². The SMILES string of the molecule is O=C(CC1CCCO1)NC1C=CC(C(=O)O)C1. The maximum absolute atomic E-state index is 11.7. The molecule has 1 fully saturated rings. The van der Waals surface area contributed by atoms with Crippen LogP contribution in [0.15, 0.2) is 12.2 Å².